The Balaban J connectivity index is 1.63. The Morgan fingerprint density at radius 1 is 1.10 bits per heavy atom. The summed E-state index contributed by atoms with van der Waals surface area (Å²) in [5.74, 6) is -0.838. The second-order valence-electron chi connectivity index (χ2n) is 5.96. The van der Waals surface area contributed by atoms with Crippen molar-refractivity contribution in [3.8, 4) is 0 Å². The molecule has 1 aliphatic heterocycles. The van der Waals surface area contributed by atoms with Crippen LogP contribution in [-0.2, 0) is 4.74 Å². The zero-order chi connectivity index (χ0) is 13.9. The van der Waals surface area contributed by atoms with Gasteiger partial charge in [-0.25, -0.2) is 8.78 Å². The molecule has 0 radical (unpaired) electrons. The van der Waals surface area contributed by atoms with Gasteiger partial charge in [-0.15, -0.1) is 0 Å². The fourth-order valence-corrected chi connectivity index (χ4v) is 3.37. The molecule has 2 unspecified atom stereocenters. The van der Waals surface area contributed by atoms with E-state index < -0.39 is 11.6 Å². The molecule has 1 saturated carbocycles. The van der Waals surface area contributed by atoms with Gasteiger partial charge in [-0.1, -0.05) is 31.7 Å². The predicted octanol–water partition coefficient (Wildman–Crippen LogP) is 3.57. The number of hydrogen-bond acceptors (Lipinski definition) is 2. The van der Waals surface area contributed by atoms with Gasteiger partial charge in [-0.3, -0.25) is 0 Å². The van der Waals surface area contributed by atoms with Crippen molar-refractivity contribution in [3.05, 3.63) is 35.4 Å². The monoisotopic (exact) mass is 281 g/mol. The minimum Gasteiger partial charge on any atom is -0.368 e. The van der Waals surface area contributed by atoms with Gasteiger partial charge in [0, 0.05) is 13.1 Å². The van der Waals surface area contributed by atoms with Crippen molar-refractivity contribution in [3.63, 3.8) is 0 Å². The Labute approximate surface area is 118 Å². The molecule has 110 valence electrons. The van der Waals surface area contributed by atoms with Gasteiger partial charge in [0.25, 0.3) is 0 Å². The molecule has 1 aliphatic carbocycles. The summed E-state index contributed by atoms with van der Waals surface area (Å²) in [6.07, 6.45) is 6.35. The van der Waals surface area contributed by atoms with E-state index in [4.69, 9.17) is 4.74 Å². The van der Waals surface area contributed by atoms with Crippen molar-refractivity contribution < 1.29 is 13.5 Å². The summed E-state index contributed by atoms with van der Waals surface area (Å²) in [6.45, 7) is 1.52. The maximum Gasteiger partial charge on any atom is 0.159 e. The lowest BCUT2D eigenvalue weighted by Crippen LogP contribution is -2.41. The van der Waals surface area contributed by atoms with Gasteiger partial charge in [0.05, 0.1) is 12.2 Å². The van der Waals surface area contributed by atoms with E-state index in [1.807, 2.05) is 0 Å². The highest BCUT2D eigenvalue weighted by Gasteiger charge is 2.27. The van der Waals surface area contributed by atoms with Crippen molar-refractivity contribution in [2.75, 3.05) is 13.1 Å². The molecule has 2 fully saturated rings. The largest absolute Gasteiger partial charge is 0.368 e. The highest BCUT2D eigenvalue weighted by molar-refractivity contribution is 5.21. The quantitative estimate of drug-likeness (QED) is 0.914. The van der Waals surface area contributed by atoms with Crippen molar-refractivity contribution in [1.29, 1.82) is 0 Å². The number of ether oxygens (including phenoxy) is 1. The SMILES string of the molecule is Fc1ccc(C2CNCC(CC3CCCC3)O2)cc1F. The molecule has 20 heavy (non-hydrogen) atoms. The normalized spacial score (nSPS) is 27.9. The van der Waals surface area contributed by atoms with Gasteiger partial charge >= 0.3 is 0 Å². The molecule has 1 N–H and O–H groups in total. The van der Waals surface area contributed by atoms with E-state index in [-0.39, 0.29) is 12.2 Å². The van der Waals surface area contributed by atoms with Crippen LogP contribution in [0.1, 0.15) is 43.8 Å². The Hall–Kier alpha value is -1.00. The standard InChI is InChI=1S/C16H21F2NO/c17-14-6-5-12(8-15(14)18)16-10-19-9-13(20-16)7-11-3-1-2-4-11/h5-6,8,11,13,16,19H,1-4,7,9-10H2. The Bertz CT molecular complexity index is 460. The molecular formula is C16H21F2NO. The first-order valence-corrected chi connectivity index (χ1v) is 7.53. The fourth-order valence-electron chi connectivity index (χ4n) is 3.37. The van der Waals surface area contributed by atoms with E-state index in [1.165, 1.54) is 37.8 Å². The molecule has 1 saturated heterocycles. The molecule has 0 spiro atoms. The van der Waals surface area contributed by atoms with Crippen molar-refractivity contribution >= 4 is 0 Å². The summed E-state index contributed by atoms with van der Waals surface area (Å²) < 4.78 is 32.4. The van der Waals surface area contributed by atoms with Gasteiger partial charge in [0.15, 0.2) is 11.6 Å². The van der Waals surface area contributed by atoms with Crippen LogP contribution in [0, 0.1) is 17.6 Å². The first-order valence-electron chi connectivity index (χ1n) is 7.53. The molecule has 0 aromatic heterocycles. The van der Waals surface area contributed by atoms with Gasteiger partial charge in [-0.05, 0) is 30.0 Å². The lowest BCUT2D eigenvalue weighted by atomic mass is 9.98. The number of benzene rings is 1. The first kappa shape index (κ1) is 14.0. The van der Waals surface area contributed by atoms with Crippen LogP contribution in [-0.4, -0.2) is 19.2 Å². The molecule has 0 amide bonds. The highest BCUT2D eigenvalue weighted by Crippen LogP contribution is 2.32. The lowest BCUT2D eigenvalue weighted by molar-refractivity contribution is -0.0490. The summed E-state index contributed by atoms with van der Waals surface area (Å²) in [7, 11) is 0. The maximum atomic E-state index is 13.3. The molecule has 1 heterocycles. The van der Waals surface area contributed by atoms with Gasteiger partial charge in [0.1, 0.15) is 0 Å². The number of hydrogen-bond donors (Lipinski definition) is 1. The second-order valence-corrected chi connectivity index (χ2v) is 5.96. The summed E-state index contributed by atoms with van der Waals surface area (Å²) in [6, 6.07) is 4.04. The number of nitrogens with one attached hydrogen (secondary N) is 1. The van der Waals surface area contributed by atoms with Crippen molar-refractivity contribution in [2.45, 2.75) is 44.3 Å². The third-order valence-electron chi connectivity index (χ3n) is 4.44. The summed E-state index contributed by atoms with van der Waals surface area (Å²) in [5, 5.41) is 3.35. The molecule has 0 bridgehead atoms. The van der Waals surface area contributed by atoms with Crippen LogP contribution in [0.25, 0.3) is 0 Å². The van der Waals surface area contributed by atoms with E-state index in [2.05, 4.69) is 5.32 Å². The zero-order valence-electron chi connectivity index (χ0n) is 11.6. The van der Waals surface area contributed by atoms with Gasteiger partial charge in [0.2, 0.25) is 0 Å². The van der Waals surface area contributed by atoms with Crippen LogP contribution >= 0.6 is 0 Å². The second kappa shape index (κ2) is 6.19. The van der Waals surface area contributed by atoms with E-state index in [0.717, 1.165) is 18.9 Å². The van der Waals surface area contributed by atoms with Gasteiger partial charge in [-0.2, -0.15) is 0 Å². The van der Waals surface area contributed by atoms with E-state index >= 15 is 0 Å². The summed E-state index contributed by atoms with van der Waals surface area (Å²) in [4.78, 5) is 0. The highest BCUT2D eigenvalue weighted by atomic mass is 19.2. The fraction of sp³-hybridized carbons (Fsp3) is 0.625. The van der Waals surface area contributed by atoms with Crippen LogP contribution in [0.15, 0.2) is 18.2 Å². The zero-order valence-corrected chi connectivity index (χ0v) is 11.6. The molecule has 1 aromatic carbocycles. The molecular weight excluding hydrogens is 260 g/mol. The molecule has 3 rings (SSSR count). The Morgan fingerprint density at radius 3 is 2.65 bits per heavy atom. The Morgan fingerprint density at radius 2 is 1.90 bits per heavy atom. The maximum absolute atomic E-state index is 13.3. The van der Waals surface area contributed by atoms with Crippen molar-refractivity contribution in [1.82, 2.24) is 5.32 Å². The number of rotatable bonds is 3. The van der Waals surface area contributed by atoms with Crippen LogP contribution in [0.4, 0.5) is 8.78 Å². The molecule has 4 heteroatoms. The van der Waals surface area contributed by atoms with E-state index in [0.29, 0.717) is 12.1 Å². The van der Waals surface area contributed by atoms with Crippen LogP contribution in [0.5, 0.6) is 0 Å². The van der Waals surface area contributed by atoms with Crippen LogP contribution in [0.3, 0.4) is 0 Å². The van der Waals surface area contributed by atoms with Crippen molar-refractivity contribution in [2.24, 2.45) is 5.92 Å². The molecule has 2 aliphatic rings. The summed E-state index contributed by atoms with van der Waals surface area (Å²) >= 11 is 0. The smallest absolute Gasteiger partial charge is 0.159 e. The summed E-state index contributed by atoms with van der Waals surface area (Å²) in [5.41, 5.74) is 0.715. The third-order valence-corrected chi connectivity index (χ3v) is 4.44. The van der Waals surface area contributed by atoms with E-state index in [9.17, 15) is 8.78 Å². The molecule has 2 atom stereocenters. The van der Waals surface area contributed by atoms with Crippen LogP contribution < -0.4 is 5.32 Å². The minimum absolute atomic E-state index is 0.176. The topological polar surface area (TPSA) is 21.3 Å². The third kappa shape index (κ3) is 3.18. The predicted molar refractivity (Wildman–Crippen MR) is 73.4 cm³/mol. The molecule has 1 aromatic rings. The minimum atomic E-state index is -0.806. The van der Waals surface area contributed by atoms with E-state index in [1.54, 1.807) is 6.07 Å². The van der Waals surface area contributed by atoms with Crippen LogP contribution in [0.2, 0.25) is 0 Å². The average molecular weight is 281 g/mol. The number of morpholine rings is 1. The Kier molecular flexibility index (Phi) is 4.32. The number of halogens is 2. The van der Waals surface area contributed by atoms with Gasteiger partial charge < -0.3 is 10.1 Å². The average Bonchev–Trinajstić information content (AvgIpc) is 2.95. The lowest BCUT2D eigenvalue weighted by Gasteiger charge is -2.32. The molecule has 2 nitrogen and oxygen atoms in total. The first-order chi connectivity index (χ1) is 9.72.